The van der Waals surface area contributed by atoms with Crippen LogP contribution in [0.4, 0.5) is 13.2 Å². The van der Waals surface area contributed by atoms with Gasteiger partial charge in [0.15, 0.2) is 5.69 Å². The molecule has 1 aromatic heterocycles. The van der Waals surface area contributed by atoms with Crippen molar-refractivity contribution in [1.29, 1.82) is 0 Å². The number of methoxy groups -OCH3 is 1. The number of aromatic nitrogens is 1. The van der Waals surface area contributed by atoms with Gasteiger partial charge in [-0.1, -0.05) is 6.92 Å². The molecule has 0 saturated carbocycles. The summed E-state index contributed by atoms with van der Waals surface area (Å²) in [6, 6.07) is -0.536. The van der Waals surface area contributed by atoms with E-state index in [9.17, 15) is 18.0 Å². The van der Waals surface area contributed by atoms with Crippen molar-refractivity contribution in [3.8, 4) is 0 Å². The number of nitrogens with one attached hydrogen (secondary N) is 1. The fraction of sp³-hybridized carbons (Fsp3) is 0.636. The van der Waals surface area contributed by atoms with Crippen LogP contribution in [0, 0.1) is 0 Å². The Balaban J connectivity index is 2.81. The molecule has 1 aromatic rings. The van der Waals surface area contributed by atoms with E-state index in [-0.39, 0.29) is 10.9 Å². The van der Waals surface area contributed by atoms with Crippen LogP contribution in [0.1, 0.15) is 37.0 Å². The largest absolute Gasteiger partial charge is 0.434 e. The van der Waals surface area contributed by atoms with E-state index in [1.54, 1.807) is 13.8 Å². The van der Waals surface area contributed by atoms with Gasteiger partial charge < -0.3 is 10.1 Å². The molecule has 0 bridgehead atoms. The lowest BCUT2D eigenvalue weighted by atomic mass is 10.2. The van der Waals surface area contributed by atoms with Crippen molar-refractivity contribution in [2.45, 2.75) is 38.6 Å². The molecular weight excluding hydrogens is 281 g/mol. The van der Waals surface area contributed by atoms with Crippen LogP contribution in [-0.4, -0.2) is 24.1 Å². The molecule has 2 atom stereocenters. The van der Waals surface area contributed by atoms with Gasteiger partial charge in [0, 0.05) is 12.5 Å². The normalized spacial score (nSPS) is 15.1. The van der Waals surface area contributed by atoms with Gasteiger partial charge in [-0.15, -0.1) is 11.3 Å². The summed E-state index contributed by atoms with van der Waals surface area (Å²) in [4.78, 5) is 15.2. The summed E-state index contributed by atoms with van der Waals surface area (Å²) in [6.07, 6.45) is -4.67. The Kier molecular flexibility index (Phi) is 5.30. The summed E-state index contributed by atoms with van der Waals surface area (Å²) >= 11 is 0.884. The van der Waals surface area contributed by atoms with Gasteiger partial charge in [-0.25, -0.2) is 4.98 Å². The Labute approximate surface area is 113 Å². The molecular formula is C11H15F3N2O2S. The SMILES string of the molecule is CC[C@@H](NC(=O)[C@@H](C)OC)c1nc(C(F)(F)F)cs1. The highest BCUT2D eigenvalue weighted by atomic mass is 32.1. The smallest absolute Gasteiger partial charge is 0.372 e. The molecule has 8 heteroatoms. The minimum absolute atomic E-state index is 0.242. The van der Waals surface area contributed by atoms with E-state index < -0.39 is 24.0 Å². The van der Waals surface area contributed by atoms with Crippen LogP contribution in [0.3, 0.4) is 0 Å². The molecule has 1 heterocycles. The van der Waals surface area contributed by atoms with Crippen LogP contribution >= 0.6 is 11.3 Å². The summed E-state index contributed by atoms with van der Waals surface area (Å²) < 4.78 is 42.2. The maximum atomic E-state index is 12.5. The molecule has 19 heavy (non-hydrogen) atoms. The Morgan fingerprint density at radius 1 is 1.58 bits per heavy atom. The lowest BCUT2D eigenvalue weighted by molar-refractivity contribution is -0.140. The van der Waals surface area contributed by atoms with Gasteiger partial charge in [0.1, 0.15) is 11.1 Å². The number of rotatable bonds is 5. The zero-order chi connectivity index (χ0) is 14.6. The molecule has 1 N–H and O–H groups in total. The van der Waals surface area contributed by atoms with E-state index in [1.165, 1.54) is 7.11 Å². The van der Waals surface area contributed by atoms with Crippen molar-refractivity contribution >= 4 is 17.2 Å². The van der Waals surface area contributed by atoms with Gasteiger partial charge in [0.25, 0.3) is 0 Å². The Morgan fingerprint density at radius 3 is 2.63 bits per heavy atom. The first kappa shape index (κ1) is 15.9. The maximum Gasteiger partial charge on any atom is 0.434 e. The Bertz CT molecular complexity index is 434. The summed E-state index contributed by atoms with van der Waals surface area (Å²) in [5.74, 6) is -0.377. The molecule has 4 nitrogen and oxygen atoms in total. The number of nitrogens with zero attached hydrogens (tertiary/aromatic N) is 1. The summed E-state index contributed by atoms with van der Waals surface area (Å²) in [6.45, 7) is 3.32. The van der Waals surface area contributed by atoms with E-state index >= 15 is 0 Å². The van der Waals surface area contributed by atoms with Gasteiger partial charge >= 0.3 is 6.18 Å². The Hall–Kier alpha value is -1.15. The number of carbonyl (C=O) groups is 1. The van der Waals surface area contributed by atoms with Gasteiger partial charge in [-0.3, -0.25) is 4.79 Å². The summed E-state index contributed by atoms with van der Waals surface area (Å²) in [5, 5.41) is 3.81. The molecule has 0 aliphatic rings. The average molecular weight is 296 g/mol. The second-order valence-corrected chi connectivity index (χ2v) is 4.81. The highest BCUT2D eigenvalue weighted by molar-refractivity contribution is 7.09. The van der Waals surface area contributed by atoms with Crippen molar-refractivity contribution in [2.75, 3.05) is 7.11 Å². The molecule has 0 unspecified atom stereocenters. The van der Waals surface area contributed by atoms with Crippen LogP contribution in [0.15, 0.2) is 5.38 Å². The fourth-order valence-electron chi connectivity index (χ4n) is 1.31. The number of amides is 1. The fourth-order valence-corrected chi connectivity index (χ4v) is 2.27. The second kappa shape index (κ2) is 6.33. The lowest BCUT2D eigenvalue weighted by Gasteiger charge is -2.17. The molecule has 0 aliphatic carbocycles. The molecule has 0 saturated heterocycles. The van der Waals surface area contributed by atoms with Gasteiger partial charge in [0.05, 0.1) is 6.04 Å². The molecule has 108 valence electrons. The standard InChI is InChI=1S/C11H15F3N2O2S/c1-4-7(15-9(17)6(2)18-3)10-16-8(5-19-10)11(12,13)14/h5-7H,4H2,1-3H3,(H,15,17)/t6-,7-/m1/s1. The van der Waals surface area contributed by atoms with Crippen molar-refractivity contribution in [2.24, 2.45) is 0 Å². The van der Waals surface area contributed by atoms with E-state index in [2.05, 4.69) is 10.3 Å². The number of alkyl halides is 3. The molecule has 0 fully saturated rings. The first-order chi connectivity index (χ1) is 8.79. The molecule has 0 aliphatic heterocycles. The van der Waals surface area contributed by atoms with Crippen LogP contribution in [0.25, 0.3) is 0 Å². The van der Waals surface area contributed by atoms with E-state index in [0.717, 1.165) is 16.7 Å². The minimum atomic E-state index is -4.46. The maximum absolute atomic E-state index is 12.5. The van der Waals surface area contributed by atoms with Crippen molar-refractivity contribution in [3.05, 3.63) is 16.1 Å². The van der Waals surface area contributed by atoms with Crippen LogP contribution in [0.2, 0.25) is 0 Å². The molecule has 0 aromatic carbocycles. The van der Waals surface area contributed by atoms with Gasteiger partial charge in [-0.2, -0.15) is 13.2 Å². The number of hydrogen-bond acceptors (Lipinski definition) is 4. The third-order valence-electron chi connectivity index (χ3n) is 2.56. The first-order valence-corrected chi connectivity index (χ1v) is 6.53. The second-order valence-electron chi connectivity index (χ2n) is 3.92. The topological polar surface area (TPSA) is 51.2 Å². The number of hydrogen-bond donors (Lipinski definition) is 1. The van der Waals surface area contributed by atoms with Gasteiger partial charge in [0.2, 0.25) is 5.91 Å². The minimum Gasteiger partial charge on any atom is -0.372 e. The third-order valence-corrected chi connectivity index (χ3v) is 3.52. The van der Waals surface area contributed by atoms with Crippen LogP contribution < -0.4 is 5.32 Å². The predicted molar refractivity (Wildman–Crippen MR) is 64.8 cm³/mol. The van der Waals surface area contributed by atoms with Gasteiger partial charge in [-0.05, 0) is 13.3 Å². The molecule has 1 amide bonds. The number of halogens is 3. The van der Waals surface area contributed by atoms with Crippen molar-refractivity contribution in [1.82, 2.24) is 10.3 Å². The number of ether oxygens (including phenoxy) is 1. The zero-order valence-corrected chi connectivity index (χ0v) is 11.6. The Morgan fingerprint density at radius 2 is 2.21 bits per heavy atom. The van der Waals surface area contributed by atoms with E-state index in [0.29, 0.717) is 6.42 Å². The highest BCUT2D eigenvalue weighted by Gasteiger charge is 2.34. The molecule has 0 radical (unpaired) electrons. The monoisotopic (exact) mass is 296 g/mol. The molecule has 1 rings (SSSR count). The molecule has 0 spiro atoms. The van der Waals surface area contributed by atoms with E-state index in [4.69, 9.17) is 4.74 Å². The van der Waals surface area contributed by atoms with Crippen molar-refractivity contribution in [3.63, 3.8) is 0 Å². The van der Waals surface area contributed by atoms with Crippen LogP contribution in [-0.2, 0) is 15.7 Å². The predicted octanol–water partition coefficient (Wildman–Crippen LogP) is 2.76. The highest BCUT2D eigenvalue weighted by Crippen LogP contribution is 2.32. The zero-order valence-electron chi connectivity index (χ0n) is 10.7. The third kappa shape index (κ3) is 4.17. The summed E-state index contributed by atoms with van der Waals surface area (Å²) in [7, 11) is 1.39. The lowest BCUT2D eigenvalue weighted by Crippen LogP contribution is -2.36. The van der Waals surface area contributed by atoms with Crippen molar-refractivity contribution < 1.29 is 22.7 Å². The van der Waals surface area contributed by atoms with E-state index in [1.807, 2.05) is 0 Å². The summed E-state index contributed by atoms with van der Waals surface area (Å²) in [5.41, 5.74) is -0.931. The quantitative estimate of drug-likeness (QED) is 0.909. The number of thiazole rings is 1. The van der Waals surface area contributed by atoms with Crippen LogP contribution in [0.5, 0.6) is 0 Å². The number of carbonyl (C=O) groups excluding carboxylic acids is 1. The first-order valence-electron chi connectivity index (χ1n) is 5.65. The average Bonchev–Trinajstić information content (AvgIpc) is 2.83.